The number of hydrogen-bond donors (Lipinski definition) is 1. The van der Waals surface area contributed by atoms with Crippen molar-refractivity contribution in [2.75, 3.05) is 31.5 Å². The average Bonchev–Trinajstić information content (AvgIpc) is 3.30. The van der Waals surface area contributed by atoms with E-state index in [4.69, 9.17) is 0 Å². The lowest BCUT2D eigenvalue weighted by molar-refractivity contribution is -0.138. The molecule has 3 amide bonds. The highest BCUT2D eigenvalue weighted by Crippen LogP contribution is 2.24. The second-order valence-electron chi connectivity index (χ2n) is 8.33. The van der Waals surface area contributed by atoms with E-state index in [9.17, 15) is 14.4 Å². The highest BCUT2D eigenvalue weighted by atomic mass is 32.1. The van der Waals surface area contributed by atoms with Crippen molar-refractivity contribution in [3.63, 3.8) is 0 Å². The van der Waals surface area contributed by atoms with Gasteiger partial charge in [-0.1, -0.05) is 36.5 Å². The summed E-state index contributed by atoms with van der Waals surface area (Å²) in [5.74, 6) is -0.00144. The molecule has 0 saturated carbocycles. The standard InChI is InChI=1S/C22H27N5O3S/c1-15-9-12-26(13-10-15)21(29)16-6-5-11-27(14-16)22(30)20-25-24-19(31-20)18(28)23-17-7-3-2-4-8-17/h2-4,7-8,15-16H,5-6,9-14H2,1H3,(H,23,28)/t16-/m0/s1. The number of rotatable bonds is 4. The summed E-state index contributed by atoms with van der Waals surface area (Å²) in [6.45, 7) is 4.82. The van der Waals surface area contributed by atoms with Gasteiger partial charge in [-0.05, 0) is 43.7 Å². The Morgan fingerprint density at radius 3 is 2.42 bits per heavy atom. The van der Waals surface area contributed by atoms with Crippen LogP contribution in [0.4, 0.5) is 5.69 Å². The summed E-state index contributed by atoms with van der Waals surface area (Å²) >= 11 is 0.979. The van der Waals surface area contributed by atoms with Crippen LogP contribution < -0.4 is 5.32 Å². The van der Waals surface area contributed by atoms with Gasteiger partial charge in [-0.25, -0.2) is 0 Å². The van der Waals surface area contributed by atoms with Crippen LogP contribution in [0.25, 0.3) is 0 Å². The SMILES string of the molecule is CC1CCN(C(=O)[C@H]2CCCN(C(=O)c3nnc(C(=O)Nc4ccccc4)s3)C2)CC1. The molecule has 2 aliphatic rings. The van der Waals surface area contributed by atoms with Gasteiger partial charge in [-0.15, -0.1) is 10.2 Å². The van der Waals surface area contributed by atoms with Gasteiger partial charge in [0.1, 0.15) is 0 Å². The van der Waals surface area contributed by atoms with Crippen molar-refractivity contribution in [2.45, 2.75) is 32.6 Å². The molecule has 31 heavy (non-hydrogen) atoms. The molecule has 1 aromatic heterocycles. The minimum atomic E-state index is -0.395. The molecule has 2 fully saturated rings. The molecule has 2 aromatic rings. The predicted molar refractivity (Wildman–Crippen MR) is 118 cm³/mol. The minimum Gasteiger partial charge on any atom is -0.342 e. The number of hydrogen-bond acceptors (Lipinski definition) is 6. The number of amides is 3. The van der Waals surface area contributed by atoms with E-state index >= 15 is 0 Å². The van der Waals surface area contributed by atoms with E-state index in [1.165, 1.54) is 0 Å². The highest BCUT2D eigenvalue weighted by Gasteiger charge is 2.33. The first-order valence-corrected chi connectivity index (χ1v) is 11.6. The molecule has 0 aliphatic carbocycles. The zero-order chi connectivity index (χ0) is 21.8. The van der Waals surface area contributed by atoms with Gasteiger partial charge in [-0.3, -0.25) is 14.4 Å². The van der Waals surface area contributed by atoms with Crippen molar-refractivity contribution in [1.82, 2.24) is 20.0 Å². The summed E-state index contributed by atoms with van der Waals surface area (Å²) in [6.07, 6.45) is 3.67. The van der Waals surface area contributed by atoms with Gasteiger partial charge in [-0.2, -0.15) is 0 Å². The van der Waals surface area contributed by atoms with Gasteiger partial charge in [0.2, 0.25) is 15.9 Å². The molecule has 0 bridgehead atoms. The van der Waals surface area contributed by atoms with Crippen molar-refractivity contribution >= 4 is 34.7 Å². The Morgan fingerprint density at radius 2 is 1.68 bits per heavy atom. The fraction of sp³-hybridized carbons (Fsp3) is 0.500. The molecule has 0 spiro atoms. The van der Waals surface area contributed by atoms with Gasteiger partial charge in [0.15, 0.2) is 0 Å². The molecule has 2 saturated heterocycles. The number of aromatic nitrogens is 2. The maximum atomic E-state index is 13.0. The second-order valence-corrected chi connectivity index (χ2v) is 9.31. The zero-order valence-corrected chi connectivity index (χ0v) is 18.4. The van der Waals surface area contributed by atoms with Crippen molar-refractivity contribution in [2.24, 2.45) is 11.8 Å². The summed E-state index contributed by atoms with van der Waals surface area (Å²) in [5.41, 5.74) is 0.653. The van der Waals surface area contributed by atoms with E-state index in [-0.39, 0.29) is 27.7 Å². The van der Waals surface area contributed by atoms with Crippen LogP contribution in [0.2, 0.25) is 0 Å². The predicted octanol–water partition coefficient (Wildman–Crippen LogP) is 2.90. The Hall–Kier alpha value is -2.81. The normalized spacial score (nSPS) is 19.8. The van der Waals surface area contributed by atoms with Crippen LogP contribution in [-0.2, 0) is 4.79 Å². The van der Waals surface area contributed by atoms with Crippen LogP contribution in [-0.4, -0.2) is 63.9 Å². The molecule has 8 nitrogen and oxygen atoms in total. The number of benzene rings is 1. The smallest absolute Gasteiger partial charge is 0.286 e. The molecule has 1 N–H and O–H groups in total. The Kier molecular flexibility index (Phi) is 6.60. The first-order valence-electron chi connectivity index (χ1n) is 10.8. The number of nitrogens with zero attached hydrogens (tertiary/aromatic N) is 4. The number of carbonyl (C=O) groups excluding carboxylic acids is 3. The number of para-hydroxylation sites is 1. The van der Waals surface area contributed by atoms with Crippen molar-refractivity contribution in [3.8, 4) is 0 Å². The molecule has 4 rings (SSSR count). The van der Waals surface area contributed by atoms with Crippen LogP contribution in [0.3, 0.4) is 0 Å². The second kappa shape index (κ2) is 9.55. The molecule has 3 heterocycles. The molecular formula is C22H27N5O3S. The van der Waals surface area contributed by atoms with Gasteiger partial charge in [0.25, 0.3) is 11.8 Å². The summed E-state index contributed by atoms with van der Waals surface area (Å²) < 4.78 is 0. The zero-order valence-electron chi connectivity index (χ0n) is 17.6. The summed E-state index contributed by atoms with van der Waals surface area (Å²) in [7, 11) is 0. The lowest BCUT2D eigenvalue weighted by atomic mass is 9.93. The fourth-order valence-corrected chi connectivity index (χ4v) is 4.80. The van der Waals surface area contributed by atoms with E-state index in [2.05, 4.69) is 22.4 Å². The van der Waals surface area contributed by atoms with Crippen molar-refractivity contribution in [1.29, 1.82) is 0 Å². The number of anilines is 1. The van der Waals surface area contributed by atoms with Crippen molar-refractivity contribution in [3.05, 3.63) is 40.3 Å². The number of piperidine rings is 2. The minimum absolute atomic E-state index is 0.138. The van der Waals surface area contributed by atoms with Crippen molar-refractivity contribution < 1.29 is 14.4 Å². The fourth-order valence-electron chi connectivity index (χ4n) is 4.09. The van der Waals surface area contributed by atoms with E-state index < -0.39 is 5.91 Å². The van der Waals surface area contributed by atoms with E-state index in [0.717, 1.165) is 50.1 Å². The van der Waals surface area contributed by atoms with E-state index in [0.29, 0.717) is 24.7 Å². The molecule has 0 radical (unpaired) electrons. The summed E-state index contributed by atoms with van der Waals surface area (Å²) in [5, 5.41) is 10.9. The van der Waals surface area contributed by atoms with Crippen LogP contribution in [0.5, 0.6) is 0 Å². The van der Waals surface area contributed by atoms with Crippen LogP contribution in [0, 0.1) is 11.8 Å². The Bertz CT molecular complexity index is 940. The topological polar surface area (TPSA) is 95.5 Å². The monoisotopic (exact) mass is 441 g/mol. The number of carbonyl (C=O) groups is 3. The van der Waals surface area contributed by atoms with Crippen LogP contribution >= 0.6 is 11.3 Å². The van der Waals surface area contributed by atoms with E-state index in [1.54, 1.807) is 17.0 Å². The number of nitrogens with one attached hydrogen (secondary N) is 1. The quantitative estimate of drug-likeness (QED) is 0.787. The highest BCUT2D eigenvalue weighted by molar-refractivity contribution is 7.15. The first-order chi connectivity index (χ1) is 15.0. The summed E-state index contributed by atoms with van der Waals surface area (Å²) in [6, 6.07) is 9.06. The molecule has 9 heteroatoms. The molecule has 1 atom stereocenters. The van der Waals surface area contributed by atoms with Gasteiger partial charge in [0, 0.05) is 31.9 Å². The largest absolute Gasteiger partial charge is 0.342 e. The van der Waals surface area contributed by atoms with Gasteiger partial charge < -0.3 is 15.1 Å². The lowest BCUT2D eigenvalue weighted by Gasteiger charge is -2.37. The maximum absolute atomic E-state index is 13.0. The average molecular weight is 442 g/mol. The van der Waals surface area contributed by atoms with Crippen LogP contribution in [0.15, 0.2) is 30.3 Å². The van der Waals surface area contributed by atoms with Crippen LogP contribution in [0.1, 0.15) is 52.2 Å². The molecule has 164 valence electrons. The van der Waals surface area contributed by atoms with E-state index in [1.807, 2.05) is 23.1 Å². The third kappa shape index (κ3) is 5.10. The first kappa shape index (κ1) is 21.4. The molecule has 2 aliphatic heterocycles. The third-order valence-corrected chi connectivity index (χ3v) is 6.90. The third-order valence-electron chi connectivity index (χ3n) is 5.99. The Balaban J connectivity index is 1.37. The molecule has 0 unspecified atom stereocenters. The maximum Gasteiger partial charge on any atom is 0.286 e. The molecular weight excluding hydrogens is 414 g/mol. The number of likely N-dealkylation sites (tertiary alicyclic amines) is 2. The van der Waals surface area contributed by atoms with Gasteiger partial charge in [0.05, 0.1) is 5.92 Å². The Labute approximate surface area is 185 Å². The van der Waals surface area contributed by atoms with Gasteiger partial charge >= 0.3 is 0 Å². The lowest BCUT2D eigenvalue weighted by Crippen LogP contribution is -2.48. The Morgan fingerprint density at radius 1 is 0.968 bits per heavy atom. The molecule has 1 aromatic carbocycles. The summed E-state index contributed by atoms with van der Waals surface area (Å²) in [4.78, 5) is 41.9.